The SMILES string of the molecule is C=C/C=C\C(=C/C)N1C(=O)/C(=C/c2cc(Br)ccc2OCc2ccc(C(=O)O)cc2)C(=O)N=C1SCC(=O)NC(c1ccccc1)c1ccccc1. The summed E-state index contributed by atoms with van der Waals surface area (Å²) in [6, 6.07) is 30.2. The van der Waals surface area contributed by atoms with E-state index >= 15 is 0 Å². The zero-order valence-corrected chi connectivity index (χ0v) is 30.5. The number of hydrogen-bond acceptors (Lipinski definition) is 6. The molecule has 262 valence electrons. The fraction of sp³-hybridized carbons (Fsp3) is 0.0976. The molecule has 0 aromatic heterocycles. The molecule has 2 N–H and O–H groups in total. The highest BCUT2D eigenvalue weighted by atomic mass is 79.9. The molecule has 0 radical (unpaired) electrons. The van der Waals surface area contributed by atoms with Crippen molar-refractivity contribution < 1.29 is 29.0 Å². The van der Waals surface area contributed by atoms with Gasteiger partial charge in [0, 0.05) is 15.7 Å². The van der Waals surface area contributed by atoms with E-state index in [9.17, 15) is 24.3 Å². The van der Waals surface area contributed by atoms with Crippen LogP contribution in [0, 0.1) is 0 Å². The molecule has 5 rings (SSSR count). The highest BCUT2D eigenvalue weighted by Crippen LogP contribution is 2.31. The largest absolute Gasteiger partial charge is 0.488 e. The Hall–Kier alpha value is -5.78. The van der Waals surface area contributed by atoms with E-state index in [0.29, 0.717) is 21.5 Å². The van der Waals surface area contributed by atoms with Crippen LogP contribution in [0.4, 0.5) is 0 Å². The fourth-order valence-corrected chi connectivity index (χ4v) is 6.40. The number of amidine groups is 1. The first kappa shape index (κ1) is 37.5. The summed E-state index contributed by atoms with van der Waals surface area (Å²) in [5.74, 6) is -2.48. The molecule has 11 heteroatoms. The molecule has 9 nitrogen and oxygen atoms in total. The first-order valence-electron chi connectivity index (χ1n) is 16.1. The third-order valence-electron chi connectivity index (χ3n) is 7.78. The summed E-state index contributed by atoms with van der Waals surface area (Å²) in [5, 5.41) is 12.3. The van der Waals surface area contributed by atoms with Crippen molar-refractivity contribution in [2.75, 3.05) is 5.75 Å². The molecule has 1 heterocycles. The molecule has 3 amide bonds. The van der Waals surface area contributed by atoms with Gasteiger partial charge in [0.25, 0.3) is 11.8 Å². The number of hydrogen-bond donors (Lipinski definition) is 2. The molecule has 0 fully saturated rings. The first-order chi connectivity index (χ1) is 25.2. The summed E-state index contributed by atoms with van der Waals surface area (Å²) in [6.45, 7) is 5.58. The molecule has 4 aromatic rings. The van der Waals surface area contributed by atoms with Crippen molar-refractivity contribution >= 4 is 62.6 Å². The van der Waals surface area contributed by atoms with Crippen molar-refractivity contribution in [1.82, 2.24) is 10.2 Å². The fourth-order valence-electron chi connectivity index (χ4n) is 5.22. The lowest BCUT2D eigenvalue weighted by atomic mass is 9.99. The van der Waals surface area contributed by atoms with E-state index < -0.39 is 23.8 Å². The molecule has 52 heavy (non-hydrogen) atoms. The Labute approximate surface area is 314 Å². The van der Waals surface area contributed by atoms with E-state index in [1.807, 2.05) is 60.7 Å². The normalized spacial score (nSPS) is 14.1. The highest BCUT2D eigenvalue weighted by Gasteiger charge is 2.35. The number of rotatable bonds is 13. The van der Waals surface area contributed by atoms with Gasteiger partial charge in [0.2, 0.25) is 5.91 Å². The van der Waals surface area contributed by atoms with Crippen LogP contribution in [0.15, 0.2) is 155 Å². The predicted octanol–water partition coefficient (Wildman–Crippen LogP) is 8.12. The van der Waals surface area contributed by atoms with Crippen LogP contribution in [0.5, 0.6) is 5.75 Å². The third-order valence-corrected chi connectivity index (χ3v) is 9.21. The lowest BCUT2D eigenvalue weighted by Gasteiger charge is -2.28. The van der Waals surface area contributed by atoms with Crippen LogP contribution in [0.1, 0.15) is 45.6 Å². The molecule has 1 aliphatic rings. The molecule has 1 aliphatic heterocycles. The van der Waals surface area contributed by atoms with Gasteiger partial charge in [-0.05, 0) is 66.1 Å². The minimum Gasteiger partial charge on any atom is -0.488 e. The van der Waals surface area contributed by atoms with Crippen molar-refractivity contribution in [3.8, 4) is 5.75 Å². The van der Waals surface area contributed by atoms with Gasteiger partial charge in [0.05, 0.1) is 17.4 Å². The summed E-state index contributed by atoms with van der Waals surface area (Å²) in [7, 11) is 0. The maximum Gasteiger partial charge on any atom is 0.335 e. The second-order valence-electron chi connectivity index (χ2n) is 11.3. The van der Waals surface area contributed by atoms with E-state index in [2.05, 4.69) is 32.8 Å². The monoisotopic (exact) mass is 775 g/mol. The number of allylic oxidation sites excluding steroid dienone is 4. The van der Waals surface area contributed by atoms with Crippen LogP contribution in [0.3, 0.4) is 0 Å². The molecule has 0 spiro atoms. The van der Waals surface area contributed by atoms with Crippen molar-refractivity contribution in [3.63, 3.8) is 0 Å². The van der Waals surface area contributed by atoms with Gasteiger partial charge in [-0.1, -0.05) is 125 Å². The number of halogens is 1. The number of nitrogens with zero attached hydrogens (tertiary/aromatic N) is 2. The molecule has 0 saturated carbocycles. The standard InChI is InChI=1S/C41H34BrN3O6S/c1-3-5-16-33(4-2)45-39(48)34(24-31-23-32(42)21-22-35(31)51-25-27-17-19-30(20-18-27)40(49)50)38(47)44-41(45)52-26-36(46)43-37(28-12-8-6-9-13-28)29-14-10-7-11-15-29/h3-24,37H,1,25-26H2,2H3,(H,43,46)(H,49,50)/b16-5-,33-4+,34-24+. The number of aromatic carboxylic acids is 1. The van der Waals surface area contributed by atoms with Crippen LogP contribution < -0.4 is 10.1 Å². The quantitative estimate of drug-likeness (QED) is 0.0799. The second kappa shape index (κ2) is 17.9. The number of benzene rings is 4. The van der Waals surface area contributed by atoms with E-state index in [4.69, 9.17) is 4.74 Å². The van der Waals surface area contributed by atoms with Gasteiger partial charge in [-0.25, -0.2) is 4.79 Å². The molecule has 0 unspecified atom stereocenters. The summed E-state index contributed by atoms with van der Waals surface area (Å²) in [5.41, 5.74) is 3.35. The third kappa shape index (κ3) is 9.51. The average molecular weight is 777 g/mol. The lowest BCUT2D eigenvalue weighted by molar-refractivity contribution is -0.126. The molecule has 0 saturated heterocycles. The van der Waals surface area contributed by atoms with Gasteiger partial charge in [-0.3, -0.25) is 19.3 Å². The van der Waals surface area contributed by atoms with Crippen LogP contribution in [-0.2, 0) is 21.0 Å². The van der Waals surface area contributed by atoms with Crippen molar-refractivity contribution in [2.45, 2.75) is 19.6 Å². The van der Waals surface area contributed by atoms with E-state index in [1.165, 1.54) is 23.1 Å². The molecular weight excluding hydrogens is 742 g/mol. The van der Waals surface area contributed by atoms with Crippen molar-refractivity contribution in [3.05, 3.63) is 178 Å². The van der Waals surface area contributed by atoms with Gasteiger partial charge in [0.1, 0.15) is 17.9 Å². The number of nitrogens with one attached hydrogen (secondary N) is 1. The minimum atomic E-state index is -1.03. The smallest absolute Gasteiger partial charge is 0.335 e. The Balaban J connectivity index is 1.41. The van der Waals surface area contributed by atoms with Crippen molar-refractivity contribution in [1.29, 1.82) is 0 Å². The summed E-state index contributed by atoms with van der Waals surface area (Å²) in [6.07, 6.45) is 8.01. The highest BCUT2D eigenvalue weighted by molar-refractivity contribution is 9.10. The van der Waals surface area contributed by atoms with Crippen LogP contribution in [0.2, 0.25) is 0 Å². The Morgan fingerprint density at radius 1 is 0.981 bits per heavy atom. The van der Waals surface area contributed by atoms with Gasteiger partial charge in [-0.2, -0.15) is 4.99 Å². The predicted molar refractivity (Wildman–Crippen MR) is 208 cm³/mol. The maximum atomic E-state index is 14.2. The maximum absolute atomic E-state index is 14.2. The zero-order valence-electron chi connectivity index (χ0n) is 28.1. The average Bonchev–Trinajstić information content (AvgIpc) is 3.16. The van der Waals surface area contributed by atoms with Crippen molar-refractivity contribution in [2.24, 2.45) is 4.99 Å². The van der Waals surface area contributed by atoms with Gasteiger partial charge in [0.15, 0.2) is 5.17 Å². The Kier molecular flexibility index (Phi) is 12.9. The lowest BCUT2D eigenvalue weighted by Crippen LogP contribution is -2.42. The van der Waals surface area contributed by atoms with Crippen LogP contribution >= 0.6 is 27.7 Å². The molecular formula is C41H34BrN3O6S. The molecule has 0 aliphatic carbocycles. The second-order valence-corrected chi connectivity index (χ2v) is 13.1. The van der Waals surface area contributed by atoms with E-state index in [1.54, 1.807) is 61.6 Å². The molecule has 4 aromatic carbocycles. The van der Waals surface area contributed by atoms with Gasteiger partial charge in [-0.15, -0.1) is 0 Å². The Bertz CT molecular complexity index is 2050. The number of amides is 3. The number of carbonyl (C=O) groups excluding carboxylic acids is 3. The van der Waals surface area contributed by atoms with Crippen LogP contribution in [-0.4, -0.2) is 44.6 Å². The summed E-state index contributed by atoms with van der Waals surface area (Å²) in [4.78, 5) is 58.1. The topological polar surface area (TPSA) is 125 Å². The Morgan fingerprint density at radius 2 is 1.63 bits per heavy atom. The zero-order chi connectivity index (χ0) is 37.0. The Morgan fingerprint density at radius 3 is 2.23 bits per heavy atom. The summed E-state index contributed by atoms with van der Waals surface area (Å²) < 4.78 is 6.74. The molecule has 0 atom stereocenters. The number of carbonyl (C=O) groups is 4. The summed E-state index contributed by atoms with van der Waals surface area (Å²) >= 11 is 4.44. The van der Waals surface area contributed by atoms with Crippen LogP contribution in [0.25, 0.3) is 6.08 Å². The van der Waals surface area contributed by atoms with E-state index in [0.717, 1.165) is 28.5 Å². The number of ether oxygens (including phenoxy) is 1. The van der Waals surface area contributed by atoms with Gasteiger partial charge < -0.3 is 15.2 Å². The minimum absolute atomic E-state index is 0.0515. The van der Waals surface area contributed by atoms with E-state index in [-0.39, 0.29) is 34.6 Å². The molecule has 0 bridgehead atoms. The van der Waals surface area contributed by atoms with Gasteiger partial charge >= 0.3 is 5.97 Å². The number of thioether (sulfide) groups is 1. The first-order valence-corrected chi connectivity index (χ1v) is 17.9. The number of carboxylic acids is 1. The number of carboxylic acid groups (broad SMARTS) is 1. The number of aliphatic imine (C=N–C) groups is 1.